The summed E-state index contributed by atoms with van der Waals surface area (Å²) >= 11 is 0. The molecule has 0 radical (unpaired) electrons. The quantitative estimate of drug-likeness (QED) is 0.773. The smallest absolute Gasteiger partial charge is 0.102 e. The molecular formula is C21H30NO+. The first-order valence-electron chi connectivity index (χ1n) is 8.46. The second-order valence-electron chi connectivity index (χ2n) is 7.25. The van der Waals surface area contributed by atoms with Gasteiger partial charge >= 0.3 is 0 Å². The largest absolute Gasteiger partial charge is 0.391 e. The van der Waals surface area contributed by atoms with E-state index in [1.807, 2.05) is 0 Å². The molecule has 2 rings (SSSR count). The molecule has 2 aromatic carbocycles. The second-order valence-corrected chi connectivity index (χ2v) is 7.25. The van der Waals surface area contributed by atoms with Crippen LogP contribution in [0.25, 0.3) is 0 Å². The Kier molecular flexibility index (Phi) is 5.97. The molecule has 0 aromatic heterocycles. The number of nitrogens with zero attached hydrogens (tertiary/aromatic N) is 1. The van der Waals surface area contributed by atoms with Crippen molar-refractivity contribution in [2.24, 2.45) is 0 Å². The SMILES string of the molecule is Cc1ccccc1CC(C[N+](C)(C)CCO)c1ccccc1C. The van der Waals surface area contributed by atoms with Gasteiger partial charge in [-0.1, -0.05) is 48.5 Å². The molecule has 0 amide bonds. The van der Waals surface area contributed by atoms with Crippen LogP contribution in [0, 0.1) is 13.8 Å². The zero-order chi connectivity index (χ0) is 16.9. The lowest BCUT2D eigenvalue weighted by Crippen LogP contribution is -2.45. The summed E-state index contributed by atoms with van der Waals surface area (Å²) in [6, 6.07) is 17.4. The summed E-state index contributed by atoms with van der Waals surface area (Å²) in [6.07, 6.45) is 1.05. The summed E-state index contributed by atoms with van der Waals surface area (Å²) in [5.74, 6) is 0.457. The van der Waals surface area contributed by atoms with Gasteiger partial charge in [0.1, 0.15) is 6.54 Å². The van der Waals surface area contributed by atoms with Crippen LogP contribution in [0.15, 0.2) is 48.5 Å². The highest BCUT2D eigenvalue weighted by Crippen LogP contribution is 2.27. The van der Waals surface area contributed by atoms with Crippen molar-refractivity contribution in [3.05, 3.63) is 70.8 Å². The average Bonchev–Trinajstić information content (AvgIpc) is 2.49. The van der Waals surface area contributed by atoms with Crippen molar-refractivity contribution < 1.29 is 9.59 Å². The standard InChI is InChI=1S/C21H30NO/c1-17-9-5-7-11-19(17)15-20(16-22(3,4)13-14-23)21-12-8-6-10-18(21)2/h5-12,20,23H,13-16H2,1-4H3/q+1. The summed E-state index contributed by atoms with van der Waals surface area (Å²) in [5.41, 5.74) is 5.57. The Balaban J connectivity index is 2.32. The van der Waals surface area contributed by atoms with E-state index < -0.39 is 0 Å². The van der Waals surface area contributed by atoms with Crippen LogP contribution < -0.4 is 0 Å². The fourth-order valence-corrected chi connectivity index (χ4v) is 3.38. The molecule has 0 fully saturated rings. The van der Waals surface area contributed by atoms with Crippen LogP contribution in [0.2, 0.25) is 0 Å². The van der Waals surface area contributed by atoms with Crippen molar-refractivity contribution in [1.82, 2.24) is 0 Å². The van der Waals surface area contributed by atoms with Gasteiger partial charge in [0.05, 0.1) is 27.2 Å². The van der Waals surface area contributed by atoms with E-state index in [0.29, 0.717) is 5.92 Å². The lowest BCUT2D eigenvalue weighted by molar-refractivity contribution is -0.892. The Hall–Kier alpha value is -1.64. The van der Waals surface area contributed by atoms with Crippen LogP contribution in [-0.4, -0.2) is 43.4 Å². The van der Waals surface area contributed by atoms with Gasteiger partial charge in [-0.2, -0.15) is 0 Å². The molecule has 0 saturated heterocycles. The third-order valence-electron chi connectivity index (χ3n) is 4.78. The van der Waals surface area contributed by atoms with Crippen molar-refractivity contribution in [2.45, 2.75) is 26.2 Å². The number of likely N-dealkylation sites (N-methyl/N-ethyl adjacent to an activating group) is 1. The van der Waals surface area contributed by atoms with Crippen molar-refractivity contribution in [3.8, 4) is 0 Å². The molecule has 23 heavy (non-hydrogen) atoms. The van der Waals surface area contributed by atoms with Crippen LogP contribution in [0.5, 0.6) is 0 Å². The van der Waals surface area contributed by atoms with E-state index in [2.05, 4.69) is 76.5 Å². The minimum Gasteiger partial charge on any atom is -0.391 e. The molecule has 2 heteroatoms. The van der Waals surface area contributed by atoms with Gasteiger partial charge in [-0.25, -0.2) is 0 Å². The monoisotopic (exact) mass is 312 g/mol. The van der Waals surface area contributed by atoms with Crippen molar-refractivity contribution in [3.63, 3.8) is 0 Å². The Labute approximate surface area is 141 Å². The fraction of sp³-hybridized carbons (Fsp3) is 0.429. The van der Waals surface area contributed by atoms with Crippen molar-refractivity contribution in [1.29, 1.82) is 0 Å². The fourth-order valence-electron chi connectivity index (χ4n) is 3.38. The molecule has 1 unspecified atom stereocenters. The summed E-state index contributed by atoms with van der Waals surface area (Å²) in [5, 5.41) is 9.36. The van der Waals surface area contributed by atoms with Crippen LogP contribution in [-0.2, 0) is 6.42 Å². The minimum atomic E-state index is 0.234. The molecule has 0 aliphatic heterocycles. The van der Waals surface area contributed by atoms with Crippen molar-refractivity contribution >= 4 is 0 Å². The summed E-state index contributed by atoms with van der Waals surface area (Å²) in [4.78, 5) is 0. The normalized spacial score (nSPS) is 13.1. The Morgan fingerprint density at radius 3 is 2.13 bits per heavy atom. The molecule has 2 aromatic rings. The van der Waals surface area contributed by atoms with E-state index in [1.165, 1.54) is 22.3 Å². The number of rotatable bonds is 7. The van der Waals surface area contributed by atoms with Gasteiger partial charge < -0.3 is 9.59 Å². The number of aliphatic hydroxyl groups excluding tert-OH is 1. The maximum atomic E-state index is 9.36. The lowest BCUT2D eigenvalue weighted by atomic mass is 9.87. The maximum absolute atomic E-state index is 9.36. The molecular weight excluding hydrogens is 282 g/mol. The molecule has 1 N–H and O–H groups in total. The van der Waals surface area contributed by atoms with Gasteiger partial charge in [0.25, 0.3) is 0 Å². The summed E-state index contributed by atoms with van der Waals surface area (Å²) < 4.78 is 0.835. The first-order chi connectivity index (χ1) is 10.9. The Morgan fingerprint density at radius 1 is 0.913 bits per heavy atom. The van der Waals surface area contributed by atoms with Gasteiger partial charge in [0.15, 0.2) is 0 Å². The molecule has 0 saturated carbocycles. The second kappa shape index (κ2) is 7.76. The Morgan fingerprint density at radius 2 is 1.52 bits per heavy atom. The third-order valence-corrected chi connectivity index (χ3v) is 4.78. The van der Waals surface area contributed by atoms with E-state index in [1.54, 1.807) is 0 Å². The number of aryl methyl sites for hydroxylation is 2. The Bertz CT molecular complexity index is 633. The van der Waals surface area contributed by atoms with Crippen molar-refractivity contribution in [2.75, 3.05) is 33.8 Å². The summed E-state index contributed by atoms with van der Waals surface area (Å²) in [7, 11) is 4.42. The molecule has 0 heterocycles. The van der Waals surface area contributed by atoms with Crippen LogP contribution in [0.4, 0.5) is 0 Å². The van der Waals surface area contributed by atoms with E-state index in [-0.39, 0.29) is 6.61 Å². The average molecular weight is 312 g/mol. The van der Waals surface area contributed by atoms with Gasteiger partial charge in [0, 0.05) is 5.92 Å². The molecule has 0 bridgehead atoms. The predicted octanol–water partition coefficient (Wildman–Crippen LogP) is 3.70. The highest BCUT2D eigenvalue weighted by Gasteiger charge is 2.25. The molecule has 0 aliphatic rings. The number of aliphatic hydroxyl groups is 1. The van der Waals surface area contributed by atoms with Crippen LogP contribution in [0.3, 0.4) is 0 Å². The van der Waals surface area contributed by atoms with Gasteiger partial charge in [0.2, 0.25) is 0 Å². The first-order valence-corrected chi connectivity index (χ1v) is 8.46. The summed E-state index contributed by atoms with van der Waals surface area (Å²) in [6.45, 7) is 6.44. The topological polar surface area (TPSA) is 20.2 Å². The molecule has 124 valence electrons. The third kappa shape index (κ3) is 4.92. The predicted molar refractivity (Wildman–Crippen MR) is 97.7 cm³/mol. The zero-order valence-electron chi connectivity index (χ0n) is 14.9. The van der Waals surface area contributed by atoms with Gasteiger partial charge in [-0.05, 0) is 42.5 Å². The zero-order valence-corrected chi connectivity index (χ0v) is 14.9. The number of hydrogen-bond acceptors (Lipinski definition) is 1. The maximum Gasteiger partial charge on any atom is 0.102 e. The highest BCUT2D eigenvalue weighted by molar-refractivity contribution is 5.33. The highest BCUT2D eigenvalue weighted by atomic mass is 16.3. The van der Waals surface area contributed by atoms with E-state index in [4.69, 9.17) is 0 Å². The number of benzene rings is 2. The molecule has 2 nitrogen and oxygen atoms in total. The molecule has 0 aliphatic carbocycles. The van der Waals surface area contributed by atoms with Gasteiger partial charge in [-0.15, -0.1) is 0 Å². The first kappa shape index (κ1) is 17.7. The van der Waals surface area contributed by atoms with E-state index in [0.717, 1.165) is 24.0 Å². The number of hydrogen-bond donors (Lipinski definition) is 1. The van der Waals surface area contributed by atoms with Crippen LogP contribution >= 0.6 is 0 Å². The minimum absolute atomic E-state index is 0.234. The number of quaternary nitrogens is 1. The van der Waals surface area contributed by atoms with E-state index in [9.17, 15) is 5.11 Å². The van der Waals surface area contributed by atoms with E-state index >= 15 is 0 Å². The molecule has 1 atom stereocenters. The molecule has 0 spiro atoms. The van der Waals surface area contributed by atoms with Crippen LogP contribution in [0.1, 0.15) is 28.2 Å². The lowest BCUT2D eigenvalue weighted by Gasteiger charge is -2.34. The van der Waals surface area contributed by atoms with Gasteiger partial charge in [-0.3, -0.25) is 0 Å².